The van der Waals surface area contributed by atoms with Crippen LogP contribution in [0.4, 0.5) is 4.79 Å². The fraction of sp³-hybridized carbons (Fsp3) is 0.909. The summed E-state index contributed by atoms with van der Waals surface area (Å²) >= 11 is 0. The van der Waals surface area contributed by atoms with Crippen molar-refractivity contribution in [3.05, 3.63) is 0 Å². The number of ether oxygens (including phenoxy) is 2. The summed E-state index contributed by atoms with van der Waals surface area (Å²) in [5.74, 6) is 0.500. The van der Waals surface area contributed by atoms with Gasteiger partial charge < -0.3 is 9.47 Å². The van der Waals surface area contributed by atoms with Crippen molar-refractivity contribution in [3.63, 3.8) is 0 Å². The van der Waals surface area contributed by atoms with Gasteiger partial charge in [0.25, 0.3) is 0 Å². The third-order valence-electron chi connectivity index (χ3n) is 2.34. The molecule has 1 rings (SSSR count). The largest absolute Gasteiger partial charge is 0.443 e. The van der Waals surface area contributed by atoms with Crippen LogP contribution in [-0.4, -0.2) is 43.5 Å². The van der Waals surface area contributed by atoms with E-state index in [0.29, 0.717) is 5.92 Å². The summed E-state index contributed by atoms with van der Waals surface area (Å²) < 4.78 is 10.3. The predicted octanol–water partition coefficient (Wildman–Crippen LogP) is 1.39. The first-order valence-electron chi connectivity index (χ1n) is 5.64. The number of nitrogens with zero attached hydrogens (tertiary/aromatic N) is 1. The molecule has 0 aromatic rings. The van der Waals surface area contributed by atoms with Gasteiger partial charge in [-0.2, -0.15) is 0 Å². The fourth-order valence-electron chi connectivity index (χ4n) is 1.74. The second-order valence-electron chi connectivity index (χ2n) is 5.17. The summed E-state index contributed by atoms with van der Waals surface area (Å²) in [5.41, 5.74) is 2.29. The lowest BCUT2D eigenvalue weighted by Crippen LogP contribution is -2.43. The molecule has 0 aliphatic carbocycles. The Morgan fingerprint density at radius 1 is 1.50 bits per heavy atom. The molecule has 0 unspecified atom stereocenters. The van der Waals surface area contributed by atoms with E-state index in [1.807, 2.05) is 25.8 Å². The molecule has 1 N–H and O–H groups in total. The Hall–Kier alpha value is -0.810. The van der Waals surface area contributed by atoms with Crippen molar-refractivity contribution in [3.8, 4) is 0 Å². The number of methoxy groups -OCH3 is 1. The second-order valence-corrected chi connectivity index (χ2v) is 5.17. The van der Waals surface area contributed by atoms with Crippen LogP contribution in [0.3, 0.4) is 0 Å². The molecule has 1 saturated heterocycles. The lowest BCUT2D eigenvalue weighted by molar-refractivity contribution is 0.0353. The summed E-state index contributed by atoms with van der Waals surface area (Å²) in [6.45, 7) is 7.98. The van der Waals surface area contributed by atoms with Crippen LogP contribution >= 0.6 is 0 Å². The normalized spacial score (nSPS) is 22.1. The highest BCUT2D eigenvalue weighted by Crippen LogP contribution is 2.14. The number of hydrogen-bond donors (Lipinski definition) is 1. The second kappa shape index (κ2) is 5.50. The molecule has 1 fully saturated rings. The van der Waals surface area contributed by atoms with Gasteiger partial charge in [-0.15, -0.1) is 0 Å². The van der Waals surface area contributed by atoms with Crippen molar-refractivity contribution in [1.82, 2.24) is 10.4 Å². The number of nitrogens with one attached hydrogen (secondary N) is 1. The monoisotopic (exact) mass is 230 g/mol. The molecule has 1 heterocycles. The van der Waals surface area contributed by atoms with E-state index in [-0.39, 0.29) is 6.09 Å². The van der Waals surface area contributed by atoms with Gasteiger partial charge in [0.1, 0.15) is 5.60 Å². The van der Waals surface area contributed by atoms with Crippen molar-refractivity contribution < 1.29 is 14.3 Å². The van der Waals surface area contributed by atoms with E-state index in [9.17, 15) is 4.79 Å². The van der Waals surface area contributed by atoms with E-state index in [0.717, 1.165) is 26.1 Å². The molecular formula is C11H22N2O3. The lowest BCUT2D eigenvalue weighted by atomic mass is 10.1. The van der Waals surface area contributed by atoms with Crippen molar-refractivity contribution >= 4 is 6.09 Å². The molecule has 0 spiro atoms. The third-order valence-corrected chi connectivity index (χ3v) is 2.34. The van der Waals surface area contributed by atoms with Crippen LogP contribution < -0.4 is 5.43 Å². The lowest BCUT2D eigenvalue weighted by Gasteiger charge is -2.23. The Balaban J connectivity index is 2.26. The molecule has 0 saturated carbocycles. The molecule has 1 aliphatic rings. The Morgan fingerprint density at radius 3 is 2.75 bits per heavy atom. The van der Waals surface area contributed by atoms with Gasteiger partial charge in [0.2, 0.25) is 0 Å². The first-order chi connectivity index (χ1) is 7.40. The third kappa shape index (κ3) is 4.81. The Kier molecular flexibility index (Phi) is 4.56. The zero-order valence-electron chi connectivity index (χ0n) is 10.6. The Labute approximate surface area is 97.1 Å². The number of amides is 1. The SMILES string of the molecule is COC[C@H]1CCN(NC(=O)OC(C)(C)C)C1. The molecule has 94 valence electrons. The highest BCUT2D eigenvalue weighted by Gasteiger charge is 2.25. The van der Waals surface area contributed by atoms with Crippen LogP contribution in [0.2, 0.25) is 0 Å². The molecule has 1 atom stereocenters. The molecule has 5 nitrogen and oxygen atoms in total. The summed E-state index contributed by atoms with van der Waals surface area (Å²) in [4.78, 5) is 11.5. The number of rotatable bonds is 3. The van der Waals surface area contributed by atoms with Crippen LogP contribution in [-0.2, 0) is 9.47 Å². The van der Waals surface area contributed by atoms with Gasteiger partial charge in [0, 0.05) is 20.2 Å². The highest BCUT2D eigenvalue weighted by atomic mass is 16.6. The number of carbonyl (C=O) groups excluding carboxylic acids is 1. The topological polar surface area (TPSA) is 50.8 Å². The van der Waals surface area contributed by atoms with Crippen molar-refractivity contribution in [2.75, 3.05) is 26.8 Å². The summed E-state index contributed by atoms with van der Waals surface area (Å²) in [7, 11) is 1.70. The van der Waals surface area contributed by atoms with Crippen molar-refractivity contribution in [2.24, 2.45) is 5.92 Å². The number of hydrogen-bond acceptors (Lipinski definition) is 4. The average molecular weight is 230 g/mol. The maximum atomic E-state index is 11.5. The van der Waals surface area contributed by atoms with E-state index in [1.54, 1.807) is 7.11 Å². The molecule has 5 heteroatoms. The van der Waals surface area contributed by atoms with Crippen LogP contribution in [0.1, 0.15) is 27.2 Å². The maximum Gasteiger partial charge on any atom is 0.422 e. The predicted molar refractivity (Wildman–Crippen MR) is 60.9 cm³/mol. The summed E-state index contributed by atoms with van der Waals surface area (Å²) in [6, 6.07) is 0. The molecule has 1 aliphatic heterocycles. The quantitative estimate of drug-likeness (QED) is 0.796. The molecule has 16 heavy (non-hydrogen) atoms. The van der Waals surface area contributed by atoms with Gasteiger partial charge in [-0.3, -0.25) is 5.43 Å². The van der Waals surface area contributed by atoms with Gasteiger partial charge in [0.05, 0.1) is 6.61 Å². The molecular weight excluding hydrogens is 208 g/mol. The summed E-state index contributed by atoms with van der Waals surface area (Å²) in [6.07, 6.45) is 0.662. The maximum absolute atomic E-state index is 11.5. The van der Waals surface area contributed by atoms with Gasteiger partial charge in [-0.25, -0.2) is 9.80 Å². The van der Waals surface area contributed by atoms with Gasteiger partial charge >= 0.3 is 6.09 Å². The van der Waals surface area contributed by atoms with E-state index < -0.39 is 5.60 Å². The first kappa shape index (κ1) is 13.3. The highest BCUT2D eigenvalue weighted by molar-refractivity contribution is 5.67. The Bertz CT molecular complexity index is 238. The van der Waals surface area contributed by atoms with Gasteiger partial charge in [-0.1, -0.05) is 0 Å². The zero-order valence-corrected chi connectivity index (χ0v) is 10.6. The zero-order chi connectivity index (χ0) is 12.2. The van der Waals surface area contributed by atoms with Crippen molar-refractivity contribution in [1.29, 1.82) is 0 Å². The van der Waals surface area contributed by atoms with Crippen LogP contribution in [0.25, 0.3) is 0 Å². The minimum absolute atomic E-state index is 0.384. The minimum atomic E-state index is -0.449. The van der Waals surface area contributed by atoms with Crippen LogP contribution in [0.5, 0.6) is 0 Å². The molecule has 0 aromatic heterocycles. The smallest absolute Gasteiger partial charge is 0.422 e. The molecule has 0 aromatic carbocycles. The van der Waals surface area contributed by atoms with Gasteiger partial charge in [0.15, 0.2) is 0 Å². The van der Waals surface area contributed by atoms with Crippen molar-refractivity contribution in [2.45, 2.75) is 32.8 Å². The van der Waals surface area contributed by atoms with Gasteiger partial charge in [-0.05, 0) is 33.1 Å². The van der Waals surface area contributed by atoms with E-state index in [1.165, 1.54) is 0 Å². The average Bonchev–Trinajstić information content (AvgIpc) is 2.49. The standard InChI is InChI=1S/C11H22N2O3/c1-11(2,3)16-10(14)12-13-6-5-9(7-13)8-15-4/h9H,5-8H2,1-4H3,(H,12,14)/t9-/m0/s1. The number of hydrazine groups is 1. The van der Waals surface area contributed by atoms with E-state index in [2.05, 4.69) is 5.43 Å². The van der Waals surface area contributed by atoms with E-state index >= 15 is 0 Å². The Morgan fingerprint density at radius 2 is 2.19 bits per heavy atom. The molecule has 0 radical (unpaired) electrons. The summed E-state index contributed by atoms with van der Waals surface area (Å²) in [5, 5.41) is 1.89. The van der Waals surface area contributed by atoms with E-state index in [4.69, 9.17) is 9.47 Å². The fourth-order valence-corrected chi connectivity index (χ4v) is 1.74. The molecule has 0 bridgehead atoms. The van der Waals surface area contributed by atoms with Crippen LogP contribution in [0.15, 0.2) is 0 Å². The first-order valence-corrected chi connectivity index (χ1v) is 5.64. The van der Waals surface area contributed by atoms with Crippen LogP contribution in [0, 0.1) is 5.92 Å². The minimum Gasteiger partial charge on any atom is -0.443 e. The number of carbonyl (C=O) groups is 1. The molecule has 1 amide bonds.